The van der Waals surface area contributed by atoms with Crippen molar-refractivity contribution in [1.29, 1.82) is 4.78 Å². The van der Waals surface area contributed by atoms with E-state index >= 15 is 0 Å². The Kier molecular flexibility index (Phi) is 4.56. The third-order valence-corrected chi connectivity index (χ3v) is 5.58. The average Bonchev–Trinajstić information content (AvgIpc) is 2.33. The SMILES string of the molecule is CC1CCC(Nc2ccc(S(C)(=N)=O)cc2Br)CC1. The maximum atomic E-state index is 11.7. The molecule has 0 bridgehead atoms. The molecule has 5 heteroatoms. The van der Waals surface area contributed by atoms with Crippen LogP contribution in [0.15, 0.2) is 27.6 Å². The quantitative estimate of drug-likeness (QED) is 0.849. The van der Waals surface area contributed by atoms with Crippen LogP contribution in [0.1, 0.15) is 32.6 Å². The maximum absolute atomic E-state index is 11.7. The van der Waals surface area contributed by atoms with E-state index in [0.29, 0.717) is 10.9 Å². The second-order valence-corrected chi connectivity index (χ2v) is 8.60. The summed E-state index contributed by atoms with van der Waals surface area (Å²) >= 11 is 3.51. The Hall–Kier alpha value is -0.550. The lowest BCUT2D eigenvalue weighted by Crippen LogP contribution is -2.25. The van der Waals surface area contributed by atoms with E-state index in [2.05, 4.69) is 28.2 Å². The highest BCUT2D eigenvalue weighted by Crippen LogP contribution is 2.30. The largest absolute Gasteiger partial charge is 0.381 e. The summed E-state index contributed by atoms with van der Waals surface area (Å²) in [5.41, 5.74) is 1.03. The van der Waals surface area contributed by atoms with E-state index in [1.807, 2.05) is 6.07 Å². The van der Waals surface area contributed by atoms with Crippen LogP contribution in [0.5, 0.6) is 0 Å². The molecule has 0 saturated heterocycles. The molecule has 2 N–H and O–H groups in total. The van der Waals surface area contributed by atoms with Crippen molar-refractivity contribution in [2.45, 2.75) is 43.5 Å². The summed E-state index contributed by atoms with van der Waals surface area (Å²) < 4.78 is 20.2. The van der Waals surface area contributed by atoms with Crippen LogP contribution in [0.4, 0.5) is 5.69 Å². The van der Waals surface area contributed by atoms with Crippen LogP contribution in [-0.2, 0) is 9.73 Å². The Morgan fingerprint density at radius 2 is 1.95 bits per heavy atom. The molecule has 1 fully saturated rings. The number of anilines is 1. The van der Waals surface area contributed by atoms with Gasteiger partial charge in [-0.2, -0.15) is 0 Å². The summed E-state index contributed by atoms with van der Waals surface area (Å²) in [5, 5.41) is 3.55. The lowest BCUT2D eigenvalue weighted by molar-refractivity contribution is 0.361. The molecule has 0 spiro atoms. The Labute approximate surface area is 124 Å². The molecule has 1 aromatic rings. The molecule has 0 aliphatic heterocycles. The monoisotopic (exact) mass is 344 g/mol. The van der Waals surface area contributed by atoms with Gasteiger partial charge >= 0.3 is 0 Å². The Morgan fingerprint density at radius 3 is 2.47 bits per heavy atom. The number of hydrogen-bond donors (Lipinski definition) is 2. The van der Waals surface area contributed by atoms with E-state index in [4.69, 9.17) is 4.78 Å². The second-order valence-electron chi connectivity index (χ2n) is 5.59. The fourth-order valence-corrected chi connectivity index (χ4v) is 3.79. The third kappa shape index (κ3) is 3.96. The molecule has 0 aromatic heterocycles. The molecule has 2 rings (SSSR count). The van der Waals surface area contributed by atoms with Gasteiger partial charge in [-0.3, -0.25) is 0 Å². The Balaban J connectivity index is 2.09. The van der Waals surface area contributed by atoms with Gasteiger partial charge in [-0.05, 0) is 65.7 Å². The highest BCUT2D eigenvalue weighted by Gasteiger charge is 2.18. The molecule has 106 valence electrons. The number of hydrogen-bond acceptors (Lipinski definition) is 3. The minimum Gasteiger partial charge on any atom is -0.381 e. The van der Waals surface area contributed by atoms with Gasteiger partial charge < -0.3 is 5.32 Å². The van der Waals surface area contributed by atoms with E-state index in [1.165, 1.54) is 31.9 Å². The summed E-state index contributed by atoms with van der Waals surface area (Å²) in [6, 6.07) is 6.03. The van der Waals surface area contributed by atoms with Crippen LogP contribution in [0.2, 0.25) is 0 Å². The molecule has 0 heterocycles. The van der Waals surface area contributed by atoms with Crippen molar-refractivity contribution in [3.63, 3.8) is 0 Å². The molecule has 3 nitrogen and oxygen atoms in total. The van der Waals surface area contributed by atoms with E-state index in [9.17, 15) is 4.21 Å². The van der Waals surface area contributed by atoms with Gasteiger partial charge in [-0.15, -0.1) is 0 Å². The molecule has 1 aromatic carbocycles. The molecule has 1 aliphatic carbocycles. The molecule has 19 heavy (non-hydrogen) atoms. The number of rotatable bonds is 3. The van der Waals surface area contributed by atoms with Crippen LogP contribution < -0.4 is 5.32 Å². The minimum absolute atomic E-state index is 0.528. The van der Waals surface area contributed by atoms with Crippen molar-refractivity contribution in [1.82, 2.24) is 0 Å². The molecule has 0 amide bonds. The smallest absolute Gasteiger partial charge is 0.0697 e. The fraction of sp³-hybridized carbons (Fsp3) is 0.571. The van der Waals surface area contributed by atoms with E-state index in [0.717, 1.165) is 16.1 Å². The van der Waals surface area contributed by atoms with E-state index in [-0.39, 0.29) is 0 Å². The fourth-order valence-electron chi connectivity index (χ4n) is 2.48. The molecule has 1 saturated carbocycles. The zero-order valence-corrected chi connectivity index (χ0v) is 13.8. The summed E-state index contributed by atoms with van der Waals surface area (Å²) in [6.45, 7) is 2.31. The number of halogens is 1. The molecular formula is C14H21BrN2OS. The standard InChI is InChI=1S/C14H21BrN2OS/c1-10-3-5-11(6-4-10)17-14-8-7-12(9-13(14)15)19(2,16)18/h7-11,16-17H,3-6H2,1-2H3. The van der Waals surface area contributed by atoms with Gasteiger partial charge in [0.25, 0.3) is 0 Å². The zero-order chi connectivity index (χ0) is 14.0. The molecule has 1 unspecified atom stereocenters. The van der Waals surface area contributed by atoms with Crippen molar-refractivity contribution in [2.24, 2.45) is 5.92 Å². The normalized spacial score (nSPS) is 26.7. The molecule has 1 atom stereocenters. The van der Waals surface area contributed by atoms with E-state index < -0.39 is 9.73 Å². The first kappa shape index (κ1) is 14.9. The average molecular weight is 345 g/mol. The van der Waals surface area contributed by atoms with Crippen molar-refractivity contribution >= 4 is 31.3 Å². The highest BCUT2D eigenvalue weighted by atomic mass is 79.9. The Morgan fingerprint density at radius 1 is 1.32 bits per heavy atom. The number of benzene rings is 1. The van der Waals surface area contributed by atoms with Crippen molar-refractivity contribution in [2.75, 3.05) is 11.6 Å². The van der Waals surface area contributed by atoms with Gasteiger partial charge in [0.1, 0.15) is 0 Å². The van der Waals surface area contributed by atoms with Gasteiger partial charge in [0.05, 0.1) is 9.73 Å². The summed E-state index contributed by atoms with van der Waals surface area (Å²) in [6.07, 6.45) is 6.42. The van der Waals surface area contributed by atoms with Gasteiger partial charge in [0.15, 0.2) is 0 Å². The first-order valence-corrected chi connectivity index (χ1v) is 9.42. The van der Waals surface area contributed by atoms with Crippen molar-refractivity contribution < 1.29 is 4.21 Å². The van der Waals surface area contributed by atoms with Gasteiger partial charge in [0, 0.05) is 27.4 Å². The third-order valence-electron chi connectivity index (χ3n) is 3.77. The van der Waals surface area contributed by atoms with Crippen molar-refractivity contribution in [3.05, 3.63) is 22.7 Å². The van der Waals surface area contributed by atoms with Crippen LogP contribution in [0.3, 0.4) is 0 Å². The Bertz CT molecular complexity index is 549. The minimum atomic E-state index is -2.64. The summed E-state index contributed by atoms with van der Waals surface area (Å²) in [4.78, 5) is 0.571. The first-order chi connectivity index (χ1) is 8.86. The van der Waals surface area contributed by atoms with Crippen LogP contribution in [-0.4, -0.2) is 16.5 Å². The summed E-state index contributed by atoms with van der Waals surface area (Å²) in [7, 11) is -2.64. The van der Waals surface area contributed by atoms with Gasteiger partial charge in [-0.25, -0.2) is 8.99 Å². The predicted octanol–water partition coefficient (Wildman–Crippen LogP) is 4.48. The first-order valence-electron chi connectivity index (χ1n) is 6.66. The summed E-state index contributed by atoms with van der Waals surface area (Å²) in [5.74, 6) is 0.844. The lowest BCUT2D eigenvalue weighted by atomic mass is 9.87. The van der Waals surface area contributed by atoms with Gasteiger partial charge in [-0.1, -0.05) is 6.92 Å². The number of nitrogens with one attached hydrogen (secondary N) is 2. The molecular weight excluding hydrogens is 324 g/mol. The molecule has 0 radical (unpaired) electrons. The zero-order valence-electron chi connectivity index (χ0n) is 11.4. The van der Waals surface area contributed by atoms with Crippen molar-refractivity contribution in [3.8, 4) is 0 Å². The topological polar surface area (TPSA) is 53.0 Å². The highest BCUT2D eigenvalue weighted by molar-refractivity contribution is 9.10. The van der Waals surface area contributed by atoms with Gasteiger partial charge in [0.2, 0.25) is 0 Å². The van der Waals surface area contributed by atoms with Crippen LogP contribution in [0.25, 0.3) is 0 Å². The maximum Gasteiger partial charge on any atom is 0.0697 e. The second kappa shape index (κ2) is 5.83. The van der Waals surface area contributed by atoms with E-state index in [1.54, 1.807) is 12.1 Å². The van der Waals surface area contributed by atoms with Crippen LogP contribution >= 0.6 is 15.9 Å². The van der Waals surface area contributed by atoms with Crippen LogP contribution in [0, 0.1) is 10.7 Å². The molecule has 1 aliphatic rings. The predicted molar refractivity (Wildman–Crippen MR) is 84.2 cm³/mol. The lowest BCUT2D eigenvalue weighted by Gasteiger charge is -2.28.